The predicted molar refractivity (Wildman–Crippen MR) is 92.4 cm³/mol. The molecule has 22 heavy (non-hydrogen) atoms. The van der Waals surface area contributed by atoms with Crippen LogP contribution in [-0.4, -0.2) is 26.0 Å². The fourth-order valence-corrected chi connectivity index (χ4v) is 4.27. The normalized spacial score (nSPS) is 16.2. The van der Waals surface area contributed by atoms with Gasteiger partial charge in [-0.25, -0.2) is 9.97 Å². The molecule has 1 fully saturated rings. The van der Waals surface area contributed by atoms with Crippen molar-refractivity contribution in [3.63, 3.8) is 0 Å². The SMILES string of the molecule is c1ccc(Cn2c(C3CCSCC3)nc3cccnc32)cc1. The van der Waals surface area contributed by atoms with Gasteiger partial charge in [-0.3, -0.25) is 0 Å². The van der Waals surface area contributed by atoms with E-state index in [-0.39, 0.29) is 0 Å². The van der Waals surface area contributed by atoms with Gasteiger partial charge in [0, 0.05) is 12.1 Å². The van der Waals surface area contributed by atoms with E-state index in [0.717, 1.165) is 17.7 Å². The highest BCUT2D eigenvalue weighted by Crippen LogP contribution is 2.32. The second kappa shape index (κ2) is 6.13. The van der Waals surface area contributed by atoms with Crippen LogP contribution in [0.3, 0.4) is 0 Å². The van der Waals surface area contributed by atoms with Crippen molar-refractivity contribution in [2.45, 2.75) is 25.3 Å². The summed E-state index contributed by atoms with van der Waals surface area (Å²) in [4.78, 5) is 9.51. The van der Waals surface area contributed by atoms with E-state index in [4.69, 9.17) is 4.98 Å². The van der Waals surface area contributed by atoms with Gasteiger partial charge in [-0.15, -0.1) is 0 Å². The average Bonchev–Trinajstić information content (AvgIpc) is 2.95. The van der Waals surface area contributed by atoms with Gasteiger partial charge in [0.05, 0.1) is 6.54 Å². The van der Waals surface area contributed by atoms with Crippen LogP contribution in [0.1, 0.15) is 30.1 Å². The largest absolute Gasteiger partial charge is 0.308 e. The number of aromatic nitrogens is 3. The number of nitrogens with zero attached hydrogens (tertiary/aromatic N) is 3. The first-order valence-corrected chi connectivity index (χ1v) is 9.00. The van der Waals surface area contributed by atoms with E-state index in [0.29, 0.717) is 5.92 Å². The van der Waals surface area contributed by atoms with E-state index in [2.05, 4.69) is 57.7 Å². The average molecular weight is 309 g/mol. The van der Waals surface area contributed by atoms with E-state index in [1.807, 2.05) is 12.3 Å². The second-order valence-corrected chi connectivity index (χ2v) is 7.00. The van der Waals surface area contributed by atoms with Gasteiger partial charge in [-0.05, 0) is 42.0 Å². The summed E-state index contributed by atoms with van der Waals surface area (Å²) in [5, 5.41) is 0. The Morgan fingerprint density at radius 3 is 2.68 bits per heavy atom. The highest BCUT2D eigenvalue weighted by Gasteiger charge is 2.23. The number of pyridine rings is 1. The van der Waals surface area contributed by atoms with Gasteiger partial charge < -0.3 is 4.57 Å². The fraction of sp³-hybridized carbons (Fsp3) is 0.333. The molecule has 0 aliphatic carbocycles. The summed E-state index contributed by atoms with van der Waals surface area (Å²) in [5.41, 5.74) is 3.34. The summed E-state index contributed by atoms with van der Waals surface area (Å²) < 4.78 is 2.32. The maximum Gasteiger partial charge on any atom is 0.160 e. The molecule has 4 heteroatoms. The lowest BCUT2D eigenvalue weighted by Gasteiger charge is -2.22. The van der Waals surface area contributed by atoms with Crippen molar-refractivity contribution in [2.24, 2.45) is 0 Å². The molecule has 3 nitrogen and oxygen atoms in total. The fourth-order valence-electron chi connectivity index (χ4n) is 3.17. The van der Waals surface area contributed by atoms with Crippen LogP contribution in [0.25, 0.3) is 11.2 Å². The van der Waals surface area contributed by atoms with Gasteiger partial charge in [0.25, 0.3) is 0 Å². The van der Waals surface area contributed by atoms with Crippen molar-refractivity contribution < 1.29 is 0 Å². The third-order valence-electron chi connectivity index (χ3n) is 4.30. The first-order valence-electron chi connectivity index (χ1n) is 7.84. The summed E-state index contributed by atoms with van der Waals surface area (Å²) in [7, 11) is 0. The minimum atomic E-state index is 0.569. The third kappa shape index (κ3) is 2.63. The highest BCUT2D eigenvalue weighted by molar-refractivity contribution is 7.99. The van der Waals surface area contributed by atoms with E-state index in [1.54, 1.807) is 0 Å². The Hall–Kier alpha value is -1.81. The van der Waals surface area contributed by atoms with E-state index < -0.39 is 0 Å². The summed E-state index contributed by atoms with van der Waals surface area (Å²) in [6, 6.07) is 14.7. The molecule has 0 atom stereocenters. The lowest BCUT2D eigenvalue weighted by Crippen LogP contribution is -2.15. The molecular formula is C18H19N3S. The molecule has 0 radical (unpaired) electrons. The lowest BCUT2D eigenvalue weighted by molar-refractivity contribution is 0.566. The molecule has 3 heterocycles. The molecular weight excluding hydrogens is 290 g/mol. The number of fused-ring (bicyclic) bond motifs is 1. The third-order valence-corrected chi connectivity index (χ3v) is 5.35. The van der Waals surface area contributed by atoms with Crippen LogP contribution in [0.5, 0.6) is 0 Å². The number of imidazole rings is 1. The first-order chi connectivity index (χ1) is 10.9. The molecule has 0 bridgehead atoms. The van der Waals surface area contributed by atoms with Crippen LogP contribution in [-0.2, 0) is 6.54 Å². The summed E-state index contributed by atoms with van der Waals surface area (Å²) in [6.45, 7) is 0.854. The molecule has 1 aromatic carbocycles. The minimum Gasteiger partial charge on any atom is -0.308 e. The van der Waals surface area contributed by atoms with Gasteiger partial charge in [0.2, 0.25) is 0 Å². The van der Waals surface area contributed by atoms with Crippen molar-refractivity contribution >= 4 is 22.9 Å². The van der Waals surface area contributed by atoms with Crippen LogP contribution in [0, 0.1) is 0 Å². The number of hydrogen-bond donors (Lipinski definition) is 0. The molecule has 3 aromatic rings. The Kier molecular flexibility index (Phi) is 3.85. The Bertz CT molecular complexity index is 760. The van der Waals surface area contributed by atoms with Crippen LogP contribution in [0.2, 0.25) is 0 Å². The van der Waals surface area contributed by atoms with E-state index >= 15 is 0 Å². The highest BCUT2D eigenvalue weighted by atomic mass is 32.2. The Morgan fingerprint density at radius 2 is 1.86 bits per heavy atom. The molecule has 0 saturated carbocycles. The Morgan fingerprint density at radius 1 is 1.05 bits per heavy atom. The summed E-state index contributed by atoms with van der Waals surface area (Å²) in [5.74, 6) is 4.27. The molecule has 0 N–H and O–H groups in total. The molecule has 112 valence electrons. The molecule has 2 aromatic heterocycles. The topological polar surface area (TPSA) is 30.7 Å². The maximum absolute atomic E-state index is 4.92. The molecule has 1 aliphatic heterocycles. The summed E-state index contributed by atoms with van der Waals surface area (Å²) >= 11 is 2.06. The number of rotatable bonds is 3. The van der Waals surface area contributed by atoms with E-state index in [1.165, 1.54) is 35.7 Å². The lowest BCUT2D eigenvalue weighted by atomic mass is 10.0. The van der Waals surface area contributed by atoms with Gasteiger partial charge in [0.1, 0.15) is 11.3 Å². The quantitative estimate of drug-likeness (QED) is 0.730. The van der Waals surface area contributed by atoms with Crippen molar-refractivity contribution in [1.82, 2.24) is 14.5 Å². The second-order valence-electron chi connectivity index (χ2n) is 5.77. The standard InChI is InChI=1S/C18H19N3S/c1-2-5-14(6-3-1)13-21-17(15-8-11-22-12-9-15)20-16-7-4-10-19-18(16)21/h1-7,10,15H,8-9,11-13H2. The molecule has 1 aliphatic rings. The zero-order valence-corrected chi connectivity index (χ0v) is 13.3. The monoisotopic (exact) mass is 309 g/mol. The summed E-state index contributed by atoms with van der Waals surface area (Å²) in [6.07, 6.45) is 4.32. The predicted octanol–water partition coefficient (Wildman–Crippen LogP) is 4.09. The van der Waals surface area contributed by atoms with Gasteiger partial charge in [-0.1, -0.05) is 30.3 Å². The van der Waals surface area contributed by atoms with Crippen molar-refractivity contribution in [3.8, 4) is 0 Å². The molecule has 4 rings (SSSR count). The zero-order chi connectivity index (χ0) is 14.8. The molecule has 0 spiro atoms. The van der Waals surface area contributed by atoms with E-state index in [9.17, 15) is 0 Å². The number of hydrogen-bond acceptors (Lipinski definition) is 3. The van der Waals surface area contributed by atoms with Crippen LogP contribution in [0.4, 0.5) is 0 Å². The zero-order valence-electron chi connectivity index (χ0n) is 12.5. The number of thioether (sulfide) groups is 1. The smallest absolute Gasteiger partial charge is 0.160 e. The van der Waals surface area contributed by atoms with Gasteiger partial charge >= 0.3 is 0 Å². The maximum atomic E-state index is 4.92. The van der Waals surface area contributed by atoms with Crippen molar-refractivity contribution in [1.29, 1.82) is 0 Å². The van der Waals surface area contributed by atoms with Gasteiger partial charge in [0.15, 0.2) is 5.65 Å². The minimum absolute atomic E-state index is 0.569. The Balaban J connectivity index is 1.79. The number of benzene rings is 1. The molecule has 1 saturated heterocycles. The first kappa shape index (κ1) is 13.8. The Labute approximate surface area is 134 Å². The van der Waals surface area contributed by atoms with Crippen molar-refractivity contribution in [3.05, 3.63) is 60.0 Å². The van der Waals surface area contributed by atoms with Crippen molar-refractivity contribution in [2.75, 3.05) is 11.5 Å². The van der Waals surface area contributed by atoms with Crippen LogP contribution < -0.4 is 0 Å². The molecule has 0 unspecified atom stereocenters. The molecule has 0 amide bonds. The van der Waals surface area contributed by atoms with Crippen LogP contribution >= 0.6 is 11.8 Å². The van der Waals surface area contributed by atoms with Gasteiger partial charge in [-0.2, -0.15) is 11.8 Å². The van der Waals surface area contributed by atoms with Crippen LogP contribution in [0.15, 0.2) is 48.7 Å².